The molecule has 0 aliphatic carbocycles. The summed E-state index contributed by atoms with van der Waals surface area (Å²) in [5, 5.41) is 3.37. The molecule has 20 heavy (non-hydrogen) atoms. The summed E-state index contributed by atoms with van der Waals surface area (Å²) >= 11 is 5.74. The van der Waals surface area contributed by atoms with E-state index in [1.807, 2.05) is 0 Å². The van der Waals surface area contributed by atoms with Gasteiger partial charge in [0.15, 0.2) is 0 Å². The summed E-state index contributed by atoms with van der Waals surface area (Å²) < 4.78 is 53.6. The molecule has 1 aromatic carbocycles. The molecule has 1 heterocycles. The van der Waals surface area contributed by atoms with Crippen LogP contribution in [0.25, 0.3) is 11.4 Å². The van der Waals surface area contributed by atoms with Gasteiger partial charge in [-0.1, -0.05) is 16.8 Å². The Bertz CT molecular complexity index is 654. The van der Waals surface area contributed by atoms with Crippen molar-refractivity contribution < 1.29 is 26.9 Å². The lowest BCUT2D eigenvalue weighted by Gasteiger charge is -2.01. The molecular weight excluding hydrogens is 304 g/mol. The van der Waals surface area contributed by atoms with Gasteiger partial charge >= 0.3 is 6.18 Å². The van der Waals surface area contributed by atoms with Crippen molar-refractivity contribution in [2.24, 2.45) is 0 Å². The van der Waals surface area contributed by atoms with E-state index in [1.165, 1.54) is 6.07 Å². The zero-order chi connectivity index (χ0) is 14.9. The molecule has 0 N–H and O–H groups in total. The molecule has 0 radical (unpaired) electrons. The fourth-order valence-corrected chi connectivity index (χ4v) is 1.60. The van der Waals surface area contributed by atoms with E-state index < -0.39 is 30.1 Å². The highest BCUT2D eigenvalue weighted by Gasteiger charge is 2.39. The van der Waals surface area contributed by atoms with Gasteiger partial charge in [-0.3, -0.25) is 4.79 Å². The number of ketones is 1. The number of hydrogen-bond acceptors (Lipinski definition) is 4. The zero-order valence-electron chi connectivity index (χ0n) is 9.54. The minimum atomic E-state index is -4.97. The van der Waals surface area contributed by atoms with E-state index in [0.717, 1.165) is 12.1 Å². The molecule has 0 atom stereocenters. The second-order valence-corrected chi connectivity index (χ2v) is 4.14. The van der Waals surface area contributed by atoms with Gasteiger partial charge in [0.2, 0.25) is 17.5 Å². The molecule has 2 aromatic rings. The summed E-state index contributed by atoms with van der Waals surface area (Å²) in [5.74, 6) is -3.21. The summed E-state index contributed by atoms with van der Waals surface area (Å²) in [6, 6.07) is 3.32. The third-order valence-electron chi connectivity index (χ3n) is 2.27. The van der Waals surface area contributed by atoms with Gasteiger partial charge in [0.05, 0.1) is 11.4 Å². The molecule has 9 heteroatoms. The van der Waals surface area contributed by atoms with Gasteiger partial charge in [-0.15, -0.1) is 0 Å². The number of rotatable bonds is 3. The first kappa shape index (κ1) is 14.4. The monoisotopic (exact) mass is 308 g/mol. The topological polar surface area (TPSA) is 56.0 Å². The Morgan fingerprint density at radius 3 is 2.65 bits per heavy atom. The van der Waals surface area contributed by atoms with Crippen LogP contribution in [0, 0.1) is 5.82 Å². The second-order valence-electron chi connectivity index (χ2n) is 3.73. The molecule has 0 aliphatic rings. The molecule has 0 amide bonds. The van der Waals surface area contributed by atoms with Crippen molar-refractivity contribution in [1.82, 2.24) is 10.1 Å². The van der Waals surface area contributed by atoms with Gasteiger partial charge in [-0.25, -0.2) is 4.39 Å². The summed E-state index contributed by atoms with van der Waals surface area (Å²) in [5.41, 5.74) is 0.183. The lowest BCUT2D eigenvalue weighted by Crippen LogP contribution is -2.24. The number of alkyl halides is 3. The largest absolute Gasteiger partial charge is 0.450 e. The van der Waals surface area contributed by atoms with Crippen LogP contribution in [0.3, 0.4) is 0 Å². The van der Waals surface area contributed by atoms with E-state index in [2.05, 4.69) is 14.7 Å². The third-order valence-corrected chi connectivity index (χ3v) is 2.58. The zero-order valence-corrected chi connectivity index (χ0v) is 10.3. The Morgan fingerprint density at radius 2 is 2.05 bits per heavy atom. The maximum absolute atomic E-state index is 12.9. The van der Waals surface area contributed by atoms with E-state index in [9.17, 15) is 22.4 Å². The highest BCUT2D eigenvalue weighted by atomic mass is 35.5. The van der Waals surface area contributed by atoms with Crippen LogP contribution in [0.1, 0.15) is 5.89 Å². The Hall–Kier alpha value is -1.96. The van der Waals surface area contributed by atoms with Crippen molar-refractivity contribution in [3.8, 4) is 11.4 Å². The molecule has 106 valence electrons. The Balaban J connectivity index is 2.23. The van der Waals surface area contributed by atoms with E-state index in [0.29, 0.717) is 0 Å². The summed E-state index contributed by atoms with van der Waals surface area (Å²) in [6.07, 6.45) is -6.03. The van der Waals surface area contributed by atoms with E-state index in [1.54, 1.807) is 0 Å². The van der Waals surface area contributed by atoms with Crippen molar-refractivity contribution in [2.75, 3.05) is 0 Å². The SMILES string of the molecule is O=C(Cc1nc(-c2ccc(F)cc2Cl)no1)C(F)(F)F. The quantitative estimate of drug-likeness (QED) is 0.817. The molecule has 1 aromatic heterocycles. The van der Waals surface area contributed by atoms with Crippen LogP contribution in [-0.2, 0) is 11.2 Å². The normalized spacial score (nSPS) is 11.7. The van der Waals surface area contributed by atoms with Crippen LogP contribution >= 0.6 is 11.6 Å². The molecule has 0 unspecified atom stereocenters. The van der Waals surface area contributed by atoms with Crippen LogP contribution in [0.4, 0.5) is 17.6 Å². The number of hydrogen-bond donors (Lipinski definition) is 0. The molecular formula is C11H5ClF4N2O2. The summed E-state index contributed by atoms with van der Waals surface area (Å²) in [4.78, 5) is 14.4. The van der Waals surface area contributed by atoms with Crippen LogP contribution in [0.2, 0.25) is 5.02 Å². The number of carbonyl (C=O) groups is 1. The molecule has 2 rings (SSSR count). The molecule has 0 fully saturated rings. The molecule has 0 saturated carbocycles. The minimum absolute atomic E-state index is 0.0282. The number of carbonyl (C=O) groups excluding carboxylic acids is 1. The van der Waals surface area contributed by atoms with Gasteiger partial charge in [0.25, 0.3) is 0 Å². The maximum Gasteiger partial charge on any atom is 0.450 e. The van der Waals surface area contributed by atoms with Crippen LogP contribution in [-0.4, -0.2) is 22.1 Å². The minimum Gasteiger partial charge on any atom is -0.338 e. The second kappa shape index (κ2) is 5.20. The molecule has 4 nitrogen and oxygen atoms in total. The fraction of sp³-hybridized carbons (Fsp3) is 0.182. The average Bonchev–Trinajstić information content (AvgIpc) is 2.76. The van der Waals surface area contributed by atoms with Crippen LogP contribution < -0.4 is 0 Å². The standard InChI is InChI=1S/C11H5ClF4N2O2/c12-7-3-5(13)1-2-6(7)10-17-9(20-18-10)4-8(19)11(14,15)16/h1-3H,4H2. The Kier molecular flexibility index (Phi) is 3.76. The average molecular weight is 309 g/mol. The number of benzene rings is 1. The lowest BCUT2D eigenvalue weighted by atomic mass is 10.2. The fourth-order valence-electron chi connectivity index (χ4n) is 1.34. The number of Topliss-reactive ketones (excluding diaryl/α,β-unsaturated/α-hetero) is 1. The van der Waals surface area contributed by atoms with Crippen molar-refractivity contribution in [1.29, 1.82) is 0 Å². The Morgan fingerprint density at radius 1 is 1.35 bits per heavy atom. The third kappa shape index (κ3) is 3.13. The first-order valence-electron chi connectivity index (χ1n) is 5.15. The molecule has 0 saturated heterocycles. The number of halogens is 5. The van der Waals surface area contributed by atoms with Gasteiger partial charge in [-0.2, -0.15) is 18.2 Å². The van der Waals surface area contributed by atoms with E-state index >= 15 is 0 Å². The predicted molar refractivity (Wildman–Crippen MR) is 59.5 cm³/mol. The van der Waals surface area contributed by atoms with Crippen LogP contribution in [0.5, 0.6) is 0 Å². The highest BCUT2D eigenvalue weighted by Crippen LogP contribution is 2.26. The van der Waals surface area contributed by atoms with Gasteiger partial charge in [-0.05, 0) is 18.2 Å². The van der Waals surface area contributed by atoms with Crippen molar-refractivity contribution >= 4 is 17.4 Å². The first-order valence-corrected chi connectivity index (χ1v) is 5.53. The van der Waals surface area contributed by atoms with E-state index in [-0.39, 0.29) is 16.4 Å². The molecule has 0 bridgehead atoms. The van der Waals surface area contributed by atoms with Gasteiger partial charge in [0.1, 0.15) is 5.82 Å². The van der Waals surface area contributed by atoms with Gasteiger partial charge in [0, 0.05) is 5.56 Å². The van der Waals surface area contributed by atoms with Crippen molar-refractivity contribution in [2.45, 2.75) is 12.6 Å². The Labute approximate surface area is 114 Å². The van der Waals surface area contributed by atoms with E-state index in [4.69, 9.17) is 11.6 Å². The first-order chi connectivity index (χ1) is 9.27. The highest BCUT2D eigenvalue weighted by molar-refractivity contribution is 6.33. The lowest BCUT2D eigenvalue weighted by molar-refractivity contribution is -0.170. The summed E-state index contributed by atoms with van der Waals surface area (Å²) in [6.45, 7) is 0. The van der Waals surface area contributed by atoms with Crippen molar-refractivity contribution in [3.63, 3.8) is 0 Å². The molecule has 0 aliphatic heterocycles. The van der Waals surface area contributed by atoms with Crippen molar-refractivity contribution in [3.05, 3.63) is 34.9 Å². The maximum atomic E-state index is 12.9. The van der Waals surface area contributed by atoms with Gasteiger partial charge < -0.3 is 4.52 Å². The predicted octanol–water partition coefficient (Wildman–Crippen LogP) is 3.20. The smallest absolute Gasteiger partial charge is 0.338 e. The number of aromatic nitrogens is 2. The summed E-state index contributed by atoms with van der Waals surface area (Å²) in [7, 11) is 0. The molecule has 0 spiro atoms. The van der Waals surface area contributed by atoms with Crippen LogP contribution in [0.15, 0.2) is 22.7 Å². The number of nitrogens with zero attached hydrogens (tertiary/aromatic N) is 2.